The first kappa shape index (κ1) is 23.7. The fourth-order valence-electron chi connectivity index (χ4n) is 4.35. The van der Waals surface area contributed by atoms with Gasteiger partial charge < -0.3 is 10.1 Å². The van der Waals surface area contributed by atoms with Crippen LogP contribution in [0.4, 0.5) is 5.69 Å². The Morgan fingerprint density at radius 3 is 2.38 bits per heavy atom. The number of fused-ring (bicyclic) bond motifs is 1. The molecule has 176 valence electrons. The van der Waals surface area contributed by atoms with Crippen molar-refractivity contribution in [1.29, 1.82) is 0 Å². The third-order valence-corrected chi connectivity index (χ3v) is 7.00. The van der Waals surface area contributed by atoms with Crippen molar-refractivity contribution < 1.29 is 9.53 Å². The number of carbonyl (C=O) groups is 1. The number of nitrogens with one attached hydrogen (secondary N) is 1. The van der Waals surface area contributed by atoms with Crippen molar-refractivity contribution >= 4 is 33.1 Å². The zero-order valence-electron chi connectivity index (χ0n) is 20.4. The van der Waals surface area contributed by atoms with Gasteiger partial charge in [-0.15, -0.1) is 11.3 Å². The van der Waals surface area contributed by atoms with Gasteiger partial charge in [-0.3, -0.25) is 14.2 Å². The maximum atomic E-state index is 13.6. The molecule has 2 aromatic carbocycles. The van der Waals surface area contributed by atoms with E-state index in [0.29, 0.717) is 16.8 Å². The summed E-state index contributed by atoms with van der Waals surface area (Å²) >= 11 is 1.48. The molecule has 7 heteroatoms. The van der Waals surface area contributed by atoms with Crippen LogP contribution in [-0.2, 0) is 4.79 Å². The molecule has 0 fully saturated rings. The van der Waals surface area contributed by atoms with Gasteiger partial charge in [-0.2, -0.15) is 0 Å². The number of aromatic nitrogens is 2. The van der Waals surface area contributed by atoms with Gasteiger partial charge in [-0.05, 0) is 70.4 Å². The number of anilines is 1. The molecule has 4 aromatic rings. The molecule has 0 aliphatic heterocycles. The lowest BCUT2D eigenvalue weighted by Gasteiger charge is -2.18. The molecule has 4 rings (SSSR count). The Morgan fingerprint density at radius 1 is 1.12 bits per heavy atom. The summed E-state index contributed by atoms with van der Waals surface area (Å²) in [4.78, 5) is 32.9. The van der Waals surface area contributed by atoms with Crippen LogP contribution in [0, 0.1) is 27.7 Å². The standard InChI is InChI=1S/C27H29N3O3S/c1-7-33-21-10-8-20(9-11-21)22-19(6)34-26-23(22)27(32)30(14-28-26)18(5)25(31)29-24-16(3)12-15(2)13-17(24)4/h8-14,18H,7H2,1-6H3,(H,29,31). The molecule has 0 saturated carbocycles. The minimum absolute atomic E-state index is 0.224. The summed E-state index contributed by atoms with van der Waals surface area (Å²) in [6.07, 6.45) is 1.47. The fraction of sp³-hybridized carbons (Fsp3) is 0.296. The molecule has 2 heterocycles. The maximum absolute atomic E-state index is 13.6. The first-order chi connectivity index (χ1) is 16.2. The predicted octanol–water partition coefficient (Wildman–Crippen LogP) is 5.96. The summed E-state index contributed by atoms with van der Waals surface area (Å²) in [7, 11) is 0. The van der Waals surface area contributed by atoms with Gasteiger partial charge in [-0.25, -0.2) is 4.98 Å². The Hall–Kier alpha value is -3.45. The number of aryl methyl sites for hydroxylation is 4. The van der Waals surface area contributed by atoms with E-state index in [1.165, 1.54) is 22.2 Å². The van der Waals surface area contributed by atoms with E-state index in [4.69, 9.17) is 4.74 Å². The minimum Gasteiger partial charge on any atom is -0.494 e. The average Bonchev–Trinajstić information content (AvgIpc) is 3.13. The van der Waals surface area contributed by atoms with Crippen molar-refractivity contribution in [3.8, 4) is 16.9 Å². The zero-order valence-corrected chi connectivity index (χ0v) is 21.2. The lowest BCUT2D eigenvalue weighted by Crippen LogP contribution is -2.32. The number of thiophene rings is 1. The number of hydrogen-bond donors (Lipinski definition) is 1. The van der Waals surface area contributed by atoms with Gasteiger partial charge in [0.1, 0.15) is 16.6 Å². The molecular weight excluding hydrogens is 446 g/mol. The molecule has 0 aliphatic carbocycles. The Labute approximate surface area is 203 Å². The van der Waals surface area contributed by atoms with Crippen molar-refractivity contribution in [2.75, 3.05) is 11.9 Å². The summed E-state index contributed by atoms with van der Waals surface area (Å²) in [5.74, 6) is 0.527. The van der Waals surface area contributed by atoms with E-state index < -0.39 is 6.04 Å². The van der Waals surface area contributed by atoms with Crippen LogP contribution in [-0.4, -0.2) is 22.1 Å². The van der Waals surface area contributed by atoms with Crippen LogP contribution in [0.3, 0.4) is 0 Å². The van der Waals surface area contributed by atoms with Crippen LogP contribution >= 0.6 is 11.3 Å². The quantitative estimate of drug-likeness (QED) is 0.374. The van der Waals surface area contributed by atoms with E-state index in [0.717, 1.165) is 44.1 Å². The lowest BCUT2D eigenvalue weighted by atomic mass is 10.0. The van der Waals surface area contributed by atoms with Crippen molar-refractivity contribution in [2.24, 2.45) is 0 Å². The van der Waals surface area contributed by atoms with Gasteiger partial charge >= 0.3 is 0 Å². The molecule has 1 unspecified atom stereocenters. The Kier molecular flexibility index (Phi) is 6.57. The van der Waals surface area contributed by atoms with Gasteiger partial charge in [0.15, 0.2) is 0 Å². The highest BCUT2D eigenvalue weighted by atomic mass is 32.1. The monoisotopic (exact) mass is 475 g/mol. The molecule has 0 radical (unpaired) electrons. The summed E-state index contributed by atoms with van der Waals surface area (Å²) < 4.78 is 6.97. The molecule has 6 nitrogen and oxygen atoms in total. The molecule has 1 atom stereocenters. The topological polar surface area (TPSA) is 73.2 Å². The number of ether oxygens (including phenoxy) is 1. The Bertz CT molecular complexity index is 1410. The van der Waals surface area contributed by atoms with Crippen molar-refractivity contribution in [3.63, 3.8) is 0 Å². The number of rotatable bonds is 6. The maximum Gasteiger partial charge on any atom is 0.263 e. The number of nitrogens with zero attached hydrogens (tertiary/aromatic N) is 2. The van der Waals surface area contributed by atoms with E-state index in [2.05, 4.69) is 10.3 Å². The van der Waals surface area contributed by atoms with Crippen LogP contribution in [0.15, 0.2) is 47.5 Å². The second kappa shape index (κ2) is 9.43. The SMILES string of the molecule is CCOc1ccc(-c2c(C)sc3ncn(C(C)C(=O)Nc4c(C)cc(C)cc4C)c(=O)c23)cc1. The highest BCUT2D eigenvalue weighted by molar-refractivity contribution is 7.19. The van der Waals surface area contributed by atoms with Crippen LogP contribution in [0.1, 0.15) is 41.5 Å². The number of hydrogen-bond acceptors (Lipinski definition) is 5. The molecule has 0 bridgehead atoms. The second-order valence-corrected chi connectivity index (χ2v) is 9.77. The normalized spacial score (nSPS) is 12.1. The molecule has 0 aliphatic rings. The Morgan fingerprint density at radius 2 is 1.76 bits per heavy atom. The van der Waals surface area contributed by atoms with E-state index in [9.17, 15) is 9.59 Å². The molecule has 34 heavy (non-hydrogen) atoms. The average molecular weight is 476 g/mol. The highest BCUT2D eigenvalue weighted by Crippen LogP contribution is 2.36. The summed E-state index contributed by atoms with van der Waals surface area (Å²) in [5, 5.41) is 3.55. The number of amides is 1. The summed E-state index contributed by atoms with van der Waals surface area (Å²) in [6.45, 7) is 12.2. The van der Waals surface area contributed by atoms with Gasteiger partial charge in [0.05, 0.1) is 18.3 Å². The first-order valence-corrected chi connectivity index (χ1v) is 12.1. The van der Waals surface area contributed by atoms with Crippen molar-refractivity contribution in [1.82, 2.24) is 9.55 Å². The fourth-order valence-corrected chi connectivity index (χ4v) is 5.36. The van der Waals surface area contributed by atoms with E-state index in [1.807, 2.05) is 71.0 Å². The number of carbonyl (C=O) groups excluding carboxylic acids is 1. The van der Waals surface area contributed by atoms with Crippen LogP contribution in [0.25, 0.3) is 21.3 Å². The van der Waals surface area contributed by atoms with Crippen LogP contribution < -0.4 is 15.6 Å². The van der Waals surface area contributed by atoms with Crippen LogP contribution in [0.2, 0.25) is 0 Å². The van der Waals surface area contributed by atoms with Gasteiger partial charge in [0.25, 0.3) is 5.56 Å². The largest absolute Gasteiger partial charge is 0.494 e. The third kappa shape index (κ3) is 4.35. The van der Waals surface area contributed by atoms with E-state index >= 15 is 0 Å². The molecule has 1 N–H and O–H groups in total. The smallest absolute Gasteiger partial charge is 0.263 e. The summed E-state index contributed by atoms with van der Waals surface area (Å²) in [5.41, 5.74) is 5.46. The van der Waals surface area contributed by atoms with E-state index in [-0.39, 0.29) is 11.5 Å². The molecular formula is C27H29N3O3S. The third-order valence-electron chi connectivity index (χ3n) is 5.99. The lowest BCUT2D eigenvalue weighted by molar-refractivity contribution is -0.118. The van der Waals surface area contributed by atoms with Gasteiger partial charge in [0, 0.05) is 16.1 Å². The van der Waals surface area contributed by atoms with Crippen molar-refractivity contribution in [3.05, 3.63) is 74.6 Å². The summed E-state index contributed by atoms with van der Waals surface area (Å²) in [6, 6.07) is 11.1. The Balaban J connectivity index is 1.73. The first-order valence-electron chi connectivity index (χ1n) is 11.3. The number of benzene rings is 2. The van der Waals surface area contributed by atoms with Gasteiger partial charge in [0.2, 0.25) is 5.91 Å². The molecule has 2 aromatic heterocycles. The predicted molar refractivity (Wildman–Crippen MR) is 139 cm³/mol. The van der Waals surface area contributed by atoms with Crippen LogP contribution in [0.5, 0.6) is 5.75 Å². The van der Waals surface area contributed by atoms with Crippen molar-refractivity contribution in [2.45, 2.75) is 47.6 Å². The molecule has 0 spiro atoms. The molecule has 1 amide bonds. The minimum atomic E-state index is -0.724. The van der Waals surface area contributed by atoms with Gasteiger partial charge in [-0.1, -0.05) is 29.8 Å². The van der Waals surface area contributed by atoms with E-state index in [1.54, 1.807) is 6.92 Å². The zero-order chi connectivity index (χ0) is 24.6. The second-order valence-electron chi connectivity index (χ2n) is 8.57. The highest BCUT2D eigenvalue weighted by Gasteiger charge is 2.22. The molecule has 0 saturated heterocycles.